The zero-order valence-corrected chi connectivity index (χ0v) is 10.8. The Bertz CT molecular complexity index is 511. The summed E-state index contributed by atoms with van der Waals surface area (Å²) in [6, 6.07) is 9.85. The summed E-state index contributed by atoms with van der Waals surface area (Å²) in [4.78, 5) is 4.17. The molecule has 0 aliphatic carbocycles. The molecule has 0 aliphatic heterocycles. The second kappa shape index (κ2) is 4.66. The predicted octanol–water partition coefficient (Wildman–Crippen LogP) is 4.25. The summed E-state index contributed by atoms with van der Waals surface area (Å²) in [6.07, 6.45) is 1.71. The van der Waals surface area contributed by atoms with Crippen LogP contribution < -0.4 is 4.74 Å². The number of hydrogen-bond donors (Lipinski definition) is 0. The average molecular weight is 278 g/mol. The number of rotatable bonds is 2. The van der Waals surface area contributed by atoms with Crippen LogP contribution in [0.15, 0.2) is 41.0 Å². The van der Waals surface area contributed by atoms with E-state index in [1.807, 2.05) is 31.2 Å². The fraction of sp³-hybridized carbons (Fsp3) is 0.154. The normalized spacial score (nSPS) is 10.2. The van der Waals surface area contributed by atoms with Gasteiger partial charge >= 0.3 is 0 Å². The molecule has 0 saturated heterocycles. The van der Waals surface area contributed by atoms with Crippen LogP contribution in [0.2, 0.25) is 0 Å². The lowest BCUT2D eigenvalue weighted by molar-refractivity contribution is 0.456. The molecule has 0 unspecified atom stereocenters. The first-order valence-electron chi connectivity index (χ1n) is 5.02. The maximum absolute atomic E-state index is 5.74. The van der Waals surface area contributed by atoms with Crippen molar-refractivity contribution >= 4 is 15.9 Å². The molecule has 2 rings (SSSR count). The van der Waals surface area contributed by atoms with Crippen molar-refractivity contribution in [3.63, 3.8) is 0 Å². The minimum Gasteiger partial charge on any atom is -0.438 e. The topological polar surface area (TPSA) is 22.1 Å². The van der Waals surface area contributed by atoms with E-state index in [1.165, 1.54) is 5.56 Å². The van der Waals surface area contributed by atoms with Gasteiger partial charge in [-0.2, -0.15) is 0 Å². The first kappa shape index (κ1) is 11.1. The Morgan fingerprint density at radius 3 is 2.69 bits per heavy atom. The van der Waals surface area contributed by atoms with Crippen molar-refractivity contribution in [2.75, 3.05) is 0 Å². The van der Waals surface area contributed by atoms with Crippen LogP contribution in [0.5, 0.6) is 11.6 Å². The van der Waals surface area contributed by atoms with E-state index in [4.69, 9.17) is 4.74 Å². The maximum atomic E-state index is 5.74. The molecule has 0 fully saturated rings. The van der Waals surface area contributed by atoms with Gasteiger partial charge in [-0.1, -0.05) is 17.7 Å². The summed E-state index contributed by atoms with van der Waals surface area (Å²) in [5.74, 6) is 1.43. The van der Waals surface area contributed by atoms with E-state index < -0.39 is 0 Å². The number of halogens is 1. The zero-order valence-electron chi connectivity index (χ0n) is 9.20. The summed E-state index contributed by atoms with van der Waals surface area (Å²) in [5.41, 5.74) is 2.34. The monoisotopic (exact) mass is 277 g/mol. The van der Waals surface area contributed by atoms with Crippen molar-refractivity contribution in [1.29, 1.82) is 0 Å². The number of ether oxygens (including phenoxy) is 1. The molecular weight excluding hydrogens is 266 g/mol. The minimum atomic E-state index is 0.592. The van der Waals surface area contributed by atoms with Gasteiger partial charge in [-0.05, 0) is 53.5 Å². The van der Waals surface area contributed by atoms with Crippen LogP contribution in [0.25, 0.3) is 0 Å². The highest BCUT2D eigenvalue weighted by molar-refractivity contribution is 9.10. The second-order valence-corrected chi connectivity index (χ2v) is 4.52. The molecule has 0 atom stereocenters. The van der Waals surface area contributed by atoms with E-state index in [1.54, 1.807) is 6.20 Å². The molecule has 16 heavy (non-hydrogen) atoms. The number of aromatic nitrogens is 1. The van der Waals surface area contributed by atoms with E-state index in [-0.39, 0.29) is 0 Å². The van der Waals surface area contributed by atoms with Crippen LogP contribution in [0.4, 0.5) is 0 Å². The summed E-state index contributed by atoms with van der Waals surface area (Å²) >= 11 is 3.41. The van der Waals surface area contributed by atoms with E-state index in [0.717, 1.165) is 15.8 Å². The van der Waals surface area contributed by atoms with Crippen LogP contribution in [-0.2, 0) is 0 Å². The van der Waals surface area contributed by atoms with Gasteiger partial charge in [0, 0.05) is 6.20 Å². The van der Waals surface area contributed by atoms with Crippen LogP contribution in [0.3, 0.4) is 0 Å². The number of hydrogen-bond acceptors (Lipinski definition) is 2. The third-order valence-electron chi connectivity index (χ3n) is 2.26. The molecule has 0 spiro atoms. The zero-order chi connectivity index (χ0) is 11.5. The lowest BCUT2D eigenvalue weighted by Gasteiger charge is -2.09. The first-order chi connectivity index (χ1) is 7.66. The predicted molar refractivity (Wildman–Crippen MR) is 67.9 cm³/mol. The number of nitrogens with zero attached hydrogens (tertiary/aromatic N) is 1. The highest BCUT2D eigenvalue weighted by atomic mass is 79.9. The molecule has 1 aromatic heterocycles. The molecular formula is C13H12BrNO. The highest BCUT2D eigenvalue weighted by Gasteiger charge is 2.05. The third-order valence-corrected chi connectivity index (χ3v) is 2.87. The molecule has 1 aromatic carbocycles. The molecule has 2 aromatic rings. The Balaban J connectivity index is 2.31. The Kier molecular flexibility index (Phi) is 3.25. The van der Waals surface area contributed by atoms with Gasteiger partial charge in [-0.25, -0.2) is 4.98 Å². The number of benzene rings is 1. The molecule has 0 saturated carbocycles. The van der Waals surface area contributed by atoms with Crippen LogP contribution >= 0.6 is 15.9 Å². The third kappa shape index (κ3) is 2.42. The van der Waals surface area contributed by atoms with Gasteiger partial charge in [0.2, 0.25) is 5.88 Å². The Morgan fingerprint density at radius 1 is 1.19 bits per heavy atom. The Labute approximate surface area is 103 Å². The van der Waals surface area contributed by atoms with Crippen LogP contribution in [0, 0.1) is 13.8 Å². The number of pyridine rings is 1. The highest BCUT2D eigenvalue weighted by Crippen LogP contribution is 2.29. The summed E-state index contributed by atoms with van der Waals surface area (Å²) in [7, 11) is 0. The van der Waals surface area contributed by atoms with Crippen LogP contribution in [-0.4, -0.2) is 4.98 Å². The second-order valence-electron chi connectivity index (χ2n) is 3.66. The molecule has 0 aliphatic rings. The Morgan fingerprint density at radius 2 is 2.00 bits per heavy atom. The lowest BCUT2D eigenvalue weighted by atomic mass is 10.1. The van der Waals surface area contributed by atoms with E-state index in [0.29, 0.717) is 5.88 Å². The molecule has 0 radical (unpaired) electrons. The smallest absolute Gasteiger partial charge is 0.233 e. The van der Waals surface area contributed by atoms with Gasteiger partial charge < -0.3 is 4.74 Å². The van der Waals surface area contributed by atoms with E-state index in [9.17, 15) is 0 Å². The van der Waals surface area contributed by atoms with Gasteiger partial charge in [0.1, 0.15) is 5.75 Å². The quantitative estimate of drug-likeness (QED) is 0.819. The summed E-state index contributed by atoms with van der Waals surface area (Å²) in [5, 5.41) is 0. The van der Waals surface area contributed by atoms with Crippen molar-refractivity contribution in [3.05, 3.63) is 52.1 Å². The lowest BCUT2D eigenvalue weighted by Crippen LogP contribution is -1.91. The average Bonchev–Trinajstić information content (AvgIpc) is 2.25. The van der Waals surface area contributed by atoms with E-state index in [2.05, 4.69) is 33.9 Å². The number of aryl methyl sites for hydroxylation is 2. The van der Waals surface area contributed by atoms with Gasteiger partial charge in [0.25, 0.3) is 0 Å². The standard InChI is InChI=1S/C13H12BrNO/c1-9-5-6-12(10(2)8-9)16-13-11(14)4-3-7-15-13/h3-8H,1-2H3. The molecule has 0 bridgehead atoms. The van der Waals surface area contributed by atoms with Crippen LogP contribution in [0.1, 0.15) is 11.1 Å². The summed E-state index contributed by atoms with van der Waals surface area (Å²) < 4.78 is 6.59. The molecule has 2 nitrogen and oxygen atoms in total. The molecule has 3 heteroatoms. The van der Waals surface area contributed by atoms with Crippen molar-refractivity contribution in [2.45, 2.75) is 13.8 Å². The van der Waals surface area contributed by atoms with Gasteiger partial charge in [-0.3, -0.25) is 0 Å². The largest absolute Gasteiger partial charge is 0.438 e. The van der Waals surface area contributed by atoms with Gasteiger partial charge in [-0.15, -0.1) is 0 Å². The first-order valence-corrected chi connectivity index (χ1v) is 5.82. The van der Waals surface area contributed by atoms with Crippen molar-refractivity contribution in [1.82, 2.24) is 4.98 Å². The van der Waals surface area contributed by atoms with Crippen molar-refractivity contribution < 1.29 is 4.74 Å². The molecule has 0 N–H and O–H groups in total. The summed E-state index contributed by atoms with van der Waals surface area (Å²) in [6.45, 7) is 4.09. The maximum Gasteiger partial charge on any atom is 0.233 e. The Hall–Kier alpha value is -1.35. The minimum absolute atomic E-state index is 0.592. The molecule has 82 valence electrons. The van der Waals surface area contributed by atoms with E-state index >= 15 is 0 Å². The van der Waals surface area contributed by atoms with Gasteiger partial charge in [0.15, 0.2) is 0 Å². The van der Waals surface area contributed by atoms with Gasteiger partial charge in [0.05, 0.1) is 4.47 Å². The fourth-order valence-electron chi connectivity index (χ4n) is 1.46. The van der Waals surface area contributed by atoms with Crippen molar-refractivity contribution in [2.24, 2.45) is 0 Å². The molecule has 1 heterocycles. The van der Waals surface area contributed by atoms with Crippen molar-refractivity contribution in [3.8, 4) is 11.6 Å². The molecule has 0 amide bonds. The SMILES string of the molecule is Cc1ccc(Oc2ncccc2Br)c(C)c1. The fourth-order valence-corrected chi connectivity index (χ4v) is 1.80.